The van der Waals surface area contributed by atoms with E-state index >= 15 is 0 Å². The van der Waals surface area contributed by atoms with Crippen LogP contribution in [0.3, 0.4) is 0 Å². The standard InChI is InChI=1S/C16H18ClN3O/c1-10-3-4-12(7-11(10)2)9-19-16(21)20-15-8-13(17)5-6-14(15)18/h3-8H,9,18H2,1-2H3,(H2,19,20,21). The van der Waals surface area contributed by atoms with Gasteiger partial charge in [-0.2, -0.15) is 0 Å². The van der Waals surface area contributed by atoms with Gasteiger partial charge in [-0.05, 0) is 48.7 Å². The lowest BCUT2D eigenvalue weighted by Crippen LogP contribution is -2.28. The van der Waals surface area contributed by atoms with E-state index in [-0.39, 0.29) is 6.03 Å². The molecule has 0 fully saturated rings. The van der Waals surface area contributed by atoms with Crippen molar-refractivity contribution in [3.05, 3.63) is 58.1 Å². The number of halogens is 1. The van der Waals surface area contributed by atoms with Crippen LogP contribution < -0.4 is 16.4 Å². The molecule has 21 heavy (non-hydrogen) atoms. The zero-order chi connectivity index (χ0) is 15.4. The Kier molecular flexibility index (Phi) is 4.70. The molecule has 110 valence electrons. The molecule has 0 heterocycles. The number of nitrogens with one attached hydrogen (secondary N) is 2. The van der Waals surface area contributed by atoms with E-state index in [2.05, 4.69) is 23.6 Å². The first-order chi connectivity index (χ1) is 9.95. The Morgan fingerprint density at radius 1 is 1.14 bits per heavy atom. The van der Waals surface area contributed by atoms with E-state index in [0.717, 1.165) is 5.56 Å². The third kappa shape index (κ3) is 4.13. The second-order valence-corrected chi connectivity index (χ2v) is 5.39. The number of hydrogen-bond donors (Lipinski definition) is 3. The number of carbonyl (C=O) groups is 1. The van der Waals surface area contributed by atoms with Gasteiger partial charge in [-0.15, -0.1) is 0 Å². The summed E-state index contributed by atoms with van der Waals surface area (Å²) in [5.74, 6) is 0. The van der Waals surface area contributed by atoms with Crippen LogP contribution in [-0.2, 0) is 6.54 Å². The van der Waals surface area contributed by atoms with E-state index in [1.54, 1.807) is 18.2 Å². The lowest BCUT2D eigenvalue weighted by molar-refractivity contribution is 0.252. The molecule has 2 aromatic rings. The van der Waals surface area contributed by atoms with E-state index in [9.17, 15) is 4.79 Å². The molecule has 4 nitrogen and oxygen atoms in total. The second-order valence-electron chi connectivity index (χ2n) is 4.96. The van der Waals surface area contributed by atoms with Crippen LogP contribution in [0.4, 0.5) is 16.2 Å². The average molecular weight is 304 g/mol. The maximum atomic E-state index is 11.9. The number of carbonyl (C=O) groups excluding carboxylic acids is 1. The maximum absolute atomic E-state index is 11.9. The number of nitrogen functional groups attached to an aromatic ring is 1. The van der Waals surface area contributed by atoms with Gasteiger partial charge in [0, 0.05) is 11.6 Å². The normalized spacial score (nSPS) is 10.2. The first-order valence-electron chi connectivity index (χ1n) is 6.61. The summed E-state index contributed by atoms with van der Waals surface area (Å²) in [6.45, 7) is 4.56. The van der Waals surface area contributed by atoms with Gasteiger partial charge in [-0.1, -0.05) is 29.8 Å². The Bertz CT molecular complexity index is 671. The van der Waals surface area contributed by atoms with Crippen LogP contribution in [0, 0.1) is 13.8 Å². The number of hydrogen-bond acceptors (Lipinski definition) is 2. The minimum atomic E-state index is -0.317. The van der Waals surface area contributed by atoms with Crippen LogP contribution >= 0.6 is 11.6 Å². The summed E-state index contributed by atoms with van der Waals surface area (Å²) in [7, 11) is 0. The number of rotatable bonds is 3. The summed E-state index contributed by atoms with van der Waals surface area (Å²) in [6.07, 6.45) is 0. The van der Waals surface area contributed by atoms with E-state index in [4.69, 9.17) is 17.3 Å². The van der Waals surface area contributed by atoms with Crippen molar-refractivity contribution in [2.24, 2.45) is 0 Å². The molecule has 0 saturated heterocycles. The van der Waals surface area contributed by atoms with Crippen molar-refractivity contribution in [2.45, 2.75) is 20.4 Å². The summed E-state index contributed by atoms with van der Waals surface area (Å²) in [4.78, 5) is 11.9. The summed E-state index contributed by atoms with van der Waals surface area (Å²) >= 11 is 5.88. The number of aryl methyl sites for hydroxylation is 2. The van der Waals surface area contributed by atoms with Crippen LogP contribution in [-0.4, -0.2) is 6.03 Å². The van der Waals surface area contributed by atoms with E-state index < -0.39 is 0 Å². The van der Waals surface area contributed by atoms with E-state index in [1.165, 1.54) is 11.1 Å². The first kappa shape index (κ1) is 15.2. The molecule has 0 aliphatic rings. The van der Waals surface area contributed by atoms with Crippen LogP contribution in [0.15, 0.2) is 36.4 Å². The highest BCUT2D eigenvalue weighted by Gasteiger charge is 2.06. The van der Waals surface area contributed by atoms with Crippen LogP contribution in [0.25, 0.3) is 0 Å². The van der Waals surface area contributed by atoms with Gasteiger partial charge in [0.15, 0.2) is 0 Å². The SMILES string of the molecule is Cc1ccc(CNC(=O)Nc2cc(Cl)ccc2N)cc1C. The number of anilines is 2. The van der Waals surface area contributed by atoms with E-state index in [1.807, 2.05) is 19.1 Å². The summed E-state index contributed by atoms with van der Waals surface area (Å²) in [5.41, 5.74) is 10.2. The fourth-order valence-corrected chi connectivity index (χ4v) is 2.07. The fourth-order valence-electron chi connectivity index (χ4n) is 1.90. The highest BCUT2D eigenvalue weighted by atomic mass is 35.5. The summed E-state index contributed by atoms with van der Waals surface area (Å²) in [5, 5.41) is 6.00. The van der Waals surface area contributed by atoms with Crippen molar-refractivity contribution >= 4 is 29.0 Å². The summed E-state index contributed by atoms with van der Waals surface area (Å²) in [6, 6.07) is 10.7. The van der Waals surface area contributed by atoms with Crippen molar-refractivity contribution in [1.82, 2.24) is 5.32 Å². The molecule has 4 N–H and O–H groups in total. The number of nitrogens with two attached hydrogens (primary N) is 1. The largest absolute Gasteiger partial charge is 0.397 e. The van der Waals surface area contributed by atoms with Crippen molar-refractivity contribution < 1.29 is 4.79 Å². The van der Waals surface area contributed by atoms with Gasteiger partial charge < -0.3 is 16.4 Å². The van der Waals surface area contributed by atoms with Crippen molar-refractivity contribution in [3.8, 4) is 0 Å². The fraction of sp³-hybridized carbons (Fsp3) is 0.188. The smallest absolute Gasteiger partial charge is 0.319 e. The lowest BCUT2D eigenvalue weighted by Gasteiger charge is -2.11. The molecule has 0 atom stereocenters. The van der Waals surface area contributed by atoms with Crippen LogP contribution in [0.5, 0.6) is 0 Å². The predicted molar refractivity (Wildman–Crippen MR) is 87.6 cm³/mol. The third-order valence-corrected chi connectivity index (χ3v) is 3.52. The number of benzene rings is 2. The predicted octanol–water partition coefficient (Wildman–Crippen LogP) is 3.86. The van der Waals surface area contributed by atoms with Crippen LogP contribution in [0.1, 0.15) is 16.7 Å². The second kappa shape index (κ2) is 6.50. The van der Waals surface area contributed by atoms with Gasteiger partial charge in [-0.25, -0.2) is 4.79 Å². The van der Waals surface area contributed by atoms with Gasteiger partial charge in [0.2, 0.25) is 0 Å². The minimum absolute atomic E-state index is 0.317. The molecule has 5 heteroatoms. The number of urea groups is 1. The summed E-state index contributed by atoms with van der Waals surface area (Å²) < 4.78 is 0. The zero-order valence-electron chi connectivity index (χ0n) is 12.0. The molecule has 0 bridgehead atoms. The zero-order valence-corrected chi connectivity index (χ0v) is 12.8. The van der Waals surface area contributed by atoms with Gasteiger partial charge in [0.05, 0.1) is 11.4 Å². The van der Waals surface area contributed by atoms with Crippen LogP contribution in [0.2, 0.25) is 5.02 Å². The molecule has 0 aliphatic heterocycles. The Balaban J connectivity index is 1.95. The molecular weight excluding hydrogens is 286 g/mol. The quantitative estimate of drug-likeness (QED) is 0.754. The monoisotopic (exact) mass is 303 g/mol. The Labute approximate surface area is 129 Å². The van der Waals surface area contributed by atoms with Crippen molar-refractivity contribution in [3.63, 3.8) is 0 Å². The van der Waals surface area contributed by atoms with Gasteiger partial charge >= 0.3 is 6.03 Å². The highest BCUT2D eigenvalue weighted by molar-refractivity contribution is 6.31. The Morgan fingerprint density at radius 3 is 2.62 bits per heavy atom. The van der Waals surface area contributed by atoms with Gasteiger partial charge in [0.1, 0.15) is 0 Å². The molecule has 0 unspecified atom stereocenters. The molecule has 2 aromatic carbocycles. The molecule has 2 amide bonds. The molecule has 0 spiro atoms. The Hall–Kier alpha value is -2.20. The highest BCUT2D eigenvalue weighted by Crippen LogP contribution is 2.22. The molecule has 2 rings (SSSR count). The number of amides is 2. The first-order valence-corrected chi connectivity index (χ1v) is 6.99. The molecule has 0 aliphatic carbocycles. The minimum Gasteiger partial charge on any atom is -0.397 e. The average Bonchev–Trinajstić information content (AvgIpc) is 2.44. The lowest BCUT2D eigenvalue weighted by atomic mass is 10.1. The maximum Gasteiger partial charge on any atom is 0.319 e. The Morgan fingerprint density at radius 2 is 1.90 bits per heavy atom. The van der Waals surface area contributed by atoms with Crippen molar-refractivity contribution in [2.75, 3.05) is 11.1 Å². The molecular formula is C16H18ClN3O. The van der Waals surface area contributed by atoms with Crippen molar-refractivity contribution in [1.29, 1.82) is 0 Å². The van der Waals surface area contributed by atoms with Gasteiger partial charge in [-0.3, -0.25) is 0 Å². The van der Waals surface area contributed by atoms with Gasteiger partial charge in [0.25, 0.3) is 0 Å². The topological polar surface area (TPSA) is 67.2 Å². The molecule has 0 saturated carbocycles. The molecule has 0 radical (unpaired) electrons. The molecule has 0 aromatic heterocycles. The third-order valence-electron chi connectivity index (χ3n) is 3.29. The van der Waals surface area contributed by atoms with E-state index in [0.29, 0.717) is 22.9 Å².